The lowest BCUT2D eigenvalue weighted by atomic mass is 10.4. The summed E-state index contributed by atoms with van der Waals surface area (Å²) >= 11 is 23.7. The predicted molar refractivity (Wildman–Crippen MR) is 72.2 cm³/mol. The van der Waals surface area contributed by atoms with E-state index in [2.05, 4.69) is 31.9 Å². The molecule has 0 aromatic carbocycles. The van der Waals surface area contributed by atoms with Crippen molar-refractivity contribution in [1.29, 1.82) is 0 Å². The Morgan fingerprint density at radius 2 is 2.12 bits per heavy atom. The Kier molecular flexibility index (Phi) is 7.23. The quantitative estimate of drug-likeness (QED) is 0.638. The summed E-state index contributed by atoms with van der Waals surface area (Å²) in [6, 6.07) is 0. The number of alkyl halides is 5. The summed E-state index contributed by atoms with van der Waals surface area (Å²) in [4.78, 5) is 0.277. The second-order valence-electron chi connectivity index (χ2n) is 3.25. The summed E-state index contributed by atoms with van der Waals surface area (Å²) in [6.45, 7) is 1.38. The molecule has 3 atom stereocenters. The SMILES string of the molecule is ClC(Cl)(Cl)C1OCC(COCC(Br)CBr)O1. The van der Waals surface area contributed by atoms with Crippen LogP contribution in [0.15, 0.2) is 0 Å². The van der Waals surface area contributed by atoms with Crippen molar-refractivity contribution in [2.75, 3.05) is 25.2 Å². The van der Waals surface area contributed by atoms with Gasteiger partial charge in [0.05, 0.1) is 19.8 Å². The van der Waals surface area contributed by atoms with Crippen LogP contribution in [0.1, 0.15) is 0 Å². The molecule has 0 aromatic rings. The Morgan fingerprint density at radius 3 is 2.62 bits per heavy atom. The van der Waals surface area contributed by atoms with Gasteiger partial charge in [-0.15, -0.1) is 0 Å². The first kappa shape index (κ1) is 15.8. The van der Waals surface area contributed by atoms with Crippen LogP contribution in [0.25, 0.3) is 0 Å². The number of hydrogen-bond acceptors (Lipinski definition) is 3. The smallest absolute Gasteiger partial charge is 0.240 e. The fraction of sp³-hybridized carbons (Fsp3) is 1.00. The second-order valence-corrected chi connectivity index (χ2v) is 7.57. The molecule has 0 saturated carbocycles. The highest BCUT2D eigenvalue weighted by Gasteiger charge is 2.41. The van der Waals surface area contributed by atoms with Gasteiger partial charge in [-0.25, -0.2) is 0 Å². The van der Waals surface area contributed by atoms with Crippen molar-refractivity contribution in [2.24, 2.45) is 0 Å². The van der Waals surface area contributed by atoms with Gasteiger partial charge in [0, 0.05) is 10.2 Å². The van der Waals surface area contributed by atoms with Gasteiger partial charge in [0.2, 0.25) is 10.1 Å². The van der Waals surface area contributed by atoms with Crippen LogP contribution in [0.3, 0.4) is 0 Å². The molecule has 1 saturated heterocycles. The third-order valence-electron chi connectivity index (χ3n) is 1.79. The van der Waals surface area contributed by atoms with Crippen molar-refractivity contribution < 1.29 is 14.2 Å². The number of hydrogen-bond donors (Lipinski definition) is 0. The molecule has 0 spiro atoms. The largest absolute Gasteiger partial charge is 0.377 e. The minimum absolute atomic E-state index is 0.185. The summed E-state index contributed by atoms with van der Waals surface area (Å²) in [5.74, 6) is 0. The van der Waals surface area contributed by atoms with Gasteiger partial charge in [0.1, 0.15) is 6.10 Å². The molecule has 0 amide bonds. The molecule has 0 aromatic heterocycles. The van der Waals surface area contributed by atoms with E-state index in [4.69, 9.17) is 49.0 Å². The monoisotopic (exact) mass is 418 g/mol. The van der Waals surface area contributed by atoms with E-state index in [1.165, 1.54) is 0 Å². The third-order valence-corrected chi connectivity index (χ3v) is 4.56. The third kappa shape index (κ3) is 5.57. The first-order chi connectivity index (χ1) is 7.43. The highest BCUT2D eigenvalue weighted by molar-refractivity contribution is 9.12. The van der Waals surface area contributed by atoms with Gasteiger partial charge in [-0.05, 0) is 0 Å². The Morgan fingerprint density at radius 1 is 1.44 bits per heavy atom. The van der Waals surface area contributed by atoms with Crippen LogP contribution in [0.5, 0.6) is 0 Å². The molecule has 0 N–H and O–H groups in total. The van der Waals surface area contributed by atoms with Crippen LogP contribution in [-0.4, -0.2) is 46.2 Å². The van der Waals surface area contributed by atoms with E-state index in [0.29, 0.717) is 19.8 Å². The predicted octanol–water partition coefficient (Wildman–Crippen LogP) is 3.27. The van der Waals surface area contributed by atoms with Crippen molar-refractivity contribution in [2.45, 2.75) is 21.0 Å². The van der Waals surface area contributed by atoms with E-state index in [0.717, 1.165) is 5.33 Å². The van der Waals surface area contributed by atoms with Crippen LogP contribution < -0.4 is 0 Å². The van der Waals surface area contributed by atoms with Gasteiger partial charge in [0.25, 0.3) is 0 Å². The minimum Gasteiger partial charge on any atom is -0.377 e. The van der Waals surface area contributed by atoms with Gasteiger partial charge in [-0.1, -0.05) is 66.7 Å². The highest BCUT2D eigenvalue weighted by atomic mass is 79.9. The lowest BCUT2D eigenvalue weighted by Crippen LogP contribution is -2.28. The molecule has 1 aliphatic rings. The molecule has 1 rings (SSSR count). The van der Waals surface area contributed by atoms with Gasteiger partial charge >= 0.3 is 0 Å². The van der Waals surface area contributed by atoms with Gasteiger partial charge < -0.3 is 14.2 Å². The van der Waals surface area contributed by atoms with Crippen LogP contribution in [0.2, 0.25) is 0 Å². The zero-order valence-corrected chi connectivity index (χ0v) is 13.6. The van der Waals surface area contributed by atoms with E-state index < -0.39 is 10.1 Å². The summed E-state index contributed by atoms with van der Waals surface area (Å²) < 4.78 is 14.4. The van der Waals surface area contributed by atoms with Crippen molar-refractivity contribution >= 4 is 66.7 Å². The number of ether oxygens (including phenoxy) is 3. The number of rotatable bonds is 5. The molecule has 1 heterocycles. The Hall–Kier alpha value is 1.71. The molecule has 0 aliphatic carbocycles. The fourth-order valence-electron chi connectivity index (χ4n) is 1.08. The fourth-order valence-corrected chi connectivity index (χ4v) is 1.80. The topological polar surface area (TPSA) is 27.7 Å². The van der Waals surface area contributed by atoms with E-state index >= 15 is 0 Å². The lowest BCUT2D eigenvalue weighted by molar-refractivity contribution is -0.0673. The van der Waals surface area contributed by atoms with Crippen LogP contribution in [0.4, 0.5) is 0 Å². The maximum absolute atomic E-state index is 5.64. The maximum Gasteiger partial charge on any atom is 0.240 e. The molecule has 1 fully saturated rings. The Bertz CT molecular complexity index is 215. The zero-order chi connectivity index (χ0) is 12.2. The average molecular weight is 421 g/mol. The molecule has 96 valence electrons. The van der Waals surface area contributed by atoms with Crippen molar-refractivity contribution in [3.63, 3.8) is 0 Å². The zero-order valence-electron chi connectivity index (χ0n) is 8.18. The Labute approximate surface area is 126 Å². The van der Waals surface area contributed by atoms with Crippen molar-refractivity contribution in [1.82, 2.24) is 0 Å². The second kappa shape index (κ2) is 7.34. The van der Waals surface area contributed by atoms with E-state index in [1.807, 2.05) is 0 Å². The van der Waals surface area contributed by atoms with E-state index in [1.54, 1.807) is 0 Å². The number of halogens is 5. The molecule has 3 unspecified atom stereocenters. The lowest BCUT2D eigenvalue weighted by Gasteiger charge is -2.18. The minimum atomic E-state index is -1.55. The average Bonchev–Trinajstić information content (AvgIpc) is 2.65. The molecular weight excluding hydrogens is 410 g/mol. The maximum atomic E-state index is 5.64. The molecule has 0 radical (unpaired) electrons. The normalized spacial score (nSPS) is 28.3. The summed E-state index contributed by atoms with van der Waals surface area (Å²) in [5, 5.41) is 0.825. The van der Waals surface area contributed by atoms with Crippen LogP contribution >= 0.6 is 66.7 Å². The first-order valence-electron chi connectivity index (χ1n) is 4.55. The summed E-state index contributed by atoms with van der Waals surface area (Å²) in [6.07, 6.45) is -1.00. The van der Waals surface area contributed by atoms with Crippen LogP contribution in [0, 0.1) is 0 Å². The first-order valence-corrected chi connectivity index (χ1v) is 7.72. The van der Waals surface area contributed by atoms with E-state index in [9.17, 15) is 0 Å². The molecular formula is C8H11Br2Cl3O3. The standard InChI is InChI=1S/C8H11Br2Cl3O3/c9-1-5(10)2-14-3-6-4-15-7(16-6)8(11,12)13/h5-7H,1-4H2. The Balaban J connectivity index is 2.17. The molecule has 0 bridgehead atoms. The van der Waals surface area contributed by atoms with Crippen molar-refractivity contribution in [3.05, 3.63) is 0 Å². The summed E-state index contributed by atoms with van der Waals surface area (Å²) in [5.41, 5.74) is 0. The molecule has 3 nitrogen and oxygen atoms in total. The van der Waals surface area contributed by atoms with Crippen molar-refractivity contribution in [3.8, 4) is 0 Å². The van der Waals surface area contributed by atoms with E-state index in [-0.39, 0.29) is 10.9 Å². The van der Waals surface area contributed by atoms with Gasteiger partial charge in [0.15, 0.2) is 0 Å². The summed E-state index contributed by atoms with van der Waals surface area (Å²) in [7, 11) is 0. The molecule has 16 heavy (non-hydrogen) atoms. The van der Waals surface area contributed by atoms with Gasteiger partial charge in [-0.2, -0.15) is 0 Å². The highest BCUT2D eigenvalue weighted by Crippen LogP contribution is 2.36. The molecule has 1 aliphatic heterocycles. The van der Waals surface area contributed by atoms with Gasteiger partial charge in [-0.3, -0.25) is 0 Å². The van der Waals surface area contributed by atoms with Crippen LogP contribution in [-0.2, 0) is 14.2 Å². The molecule has 8 heteroatoms.